The van der Waals surface area contributed by atoms with Crippen LogP contribution in [0.15, 0.2) is 12.7 Å². The van der Waals surface area contributed by atoms with E-state index in [-0.39, 0.29) is 23.4 Å². The smallest absolute Gasteiger partial charge is 0.488 e. The van der Waals surface area contributed by atoms with E-state index in [2.05, 4.69) is 27.8 Å². The van der Waals surface area contributed by atoms with Gasteiger partial charge in [0.1, 0.15) is 24.2 Å². The third-order valence-corrected chi connectivity index (χ3v) is 8.99. The van der Waals surface area contributed by atoms with E-state index in [0.717, 1.165) is 0 Å². The van der Waals surface area contributed by atoms with Crippen LogP contribution in [0.1, 0.15) is 12.6 Å². The van der Waals surface area contributed by atoms with Gasteiger partial charge in [-0.15, -0.1) is 0 Å². The van der Waals surface area contributed by atoms with Crippen LogP contribution in [0.5, 0.6) is 0 Å². The Morgan fingerprint density at radius 1 is 1.25 bits per heavy atom. The molecule has 3 unspecified atom stereocenters. The quantitative estimate of drug-likeness (QED) is 0.0799. The van der Waals surface area contributed by atoms with Gasteiger partial charge >= 0.3 is 33.6 Å². The average Bonchev–Trinajstić information content (AvgIpc) is 3.21. The molecule has 0 bridgehead atoms. The number of fused-ring (bicyclic) bond motifs is 1. The van der Waals surface area contributed by atoms with Gasteiger partial charge in [0.05, 0.1) is 12.4 Å². The molecule has 32 heavy (non-hydrogen) atoms. The van der Waals surface area contributed by atoms with Crippen molar-refractivity contribution >= 4 is 50.6 Å². The zero-order valence-corrected chi connectivity index (χ0v) is 18.8. The van der Waals surface area contributed by atoms with E-state index >= 15 is 0 Å². The number of nitrogens with zero attached hydrogens (tertiary/aromatic N) is 4. The van der Waals surface area contributed by atoms with E-state index in [1.165, 1.54) is 17.2 Å². The number of nitrogen functional groups attached to an aromatic ring is 1. The Balaban J connectivity index is 1.68. The predicted molar refractivity (Wildman–Crippen MR) is 102 cm³/mol. The molecular formula is C10H16N5O13P3S. The summed E-state index contributed by atoms with van der Waals surface area (Å²) in [7, 11) is -11.2. The topological polar surface area (TPSA) is 285 Å². The summed E-state index contributed by atoms with van der Waals surface area (Å²) in [6.45, 7) is -5.25. The molecule has 0 radical (unpaired) electrons. The zero-order valence-electron chi connectivity index (χ0n) is 15.3. The molecule has 2 aromatic heterocycles. The fourth-order valence-corrected chi connectivity index (χ4v) is 7.15. The molecule has 18 nitrogen and oxygen atoms in total. The minimum Gasteiger partial charge on any atom is -0.739 e. The molecule has 1 aliphatic heterocycles. The Kier molecular flexibility index (Phi) is 7.49. The number of aromatic nitrogens is 4. The van der Waals surface area contributed by atoms with Crippen molar-refractivity contribution in [3.05, 3.63) is 12.7 Å². The Labute approximate surface area is 181 Å². The van der Waals surface area contributed by atoms with Crippen LogP contribution >= 0.6 is 22.4 Å². The number of aliphatic hydroxyl groups excluding tert-OH is 2. The van der Waals surface area contributed by atoms with Gasteiger partial charge in [-0.05, 0) is 0 Å². The van der Waals surface area contributed by atoms with Crippen molar-refractivity contribution in [3.63, 3.8) is 0 Å². The highest BCUT2D eigenvalue weighted by Crippen LogP contribution is 2.64. The Morgan fingerprint density at radius 3 is 2.59 bits per heavy atom. The van der Waals surface area contributed by atoms with Crippen LogP contribution in [0.4, 0.5) is 5.82 Å². The summed E-state index contributed by atoms with van der Waals surface area (Å²) in [6, 6.07) is 0. The van der Waals surface area contributed by atoms with Gasteiger partial charge in [0.25, 0.3) is 0 Å². The van der Waals surface area contributed by atoms with Crippen molar-refractivity contribution in [2.75, 3.05) is 5.73 Å². The van der Waals surface area contributed by atoms with Crippen molar-refractivity contribution in [2.24, 2.45) is 0 Å². The largest absolute Gasteiger partial charge is 0.739 e. The molecule has 22 heteroatoms. The lowest BCUT2D eigenvalue weighted by molar-refractivity contribution is -0.195. The number of phosphoric acid groups is 2. The summed E-state index contributed by atoms with van der Waals surface area (Å²) >= 11 is -0.542. The summed E-state index contributed by atoms with van der Waals surface area (Å²) in [4.78, 5) is 59.2. The molecule has 6 atom stereocenters. The average molecular weight is 539 g/mol. The number of imidazole rings is 1. The summed E-state index contributed by atoms with van der Waals surface area (Å²) < 4.78 is 40.6. The predicted octanol–water partition coefficient (Wildman–Crippen LogP) is -2.35. The summed E-state index contributed by atoms with van der Waals surface area (Å²) in [5, 5.41) is 20.2. The van der Waals surface area contributed by atoms with Gasteiger partial charge in [-0.2, -0.15) is 4.31 Å². The minimum absolute atomic E-state index is 0.0830. The van der Waals surface area contributed by atoms with Gasteiger partial charge in [0.2, 0.25) is 6.29 Å². The Bertz CT molecular complexity index is 1130. The molecule has 1 saturated heterocycles. The van der Waals surface area contributed by atoms with Gasteiger partial charge in [0.15, 0.2) is 11.5 Å². The zero-order chi connectivity index (χ0) is 23.9. The Morgan fingerprint density at radius 2 is 1.94 bits per heavy atom. The maximum atomic E-state index is 11.8. The summed E-state index contributed by atoms with van der Waals surface area (Å²) in [5.74, 6) is 0.103. The van der Waals surface area contributed by atoms with Crippen LogP contribution in [0, 0.1) is 0 Å². The lowest BCUT2D eigenvalue weighted by atomic mass is 10.2. The summed E-state index contributed by atoms with van der Waals surface area (Å²) in [6.07, 6.45) is -3.34. The highest BCUT2D eigenvalue weighted by molar-refractivity contribution is 8.14. The van der Waals surface area contributed by atoms with Gasteiger partial charge in [-0.25, -0.2) is 28.4 Å². The van der Waals surface area contributed by atoms with E-state index in [0.29, 0.717) is 0 Å². The molecular weight excluding hydrogens is 523 g/mol. The van der Waals surface area contributed by atoms with Gasteiger partial charge in [0, 0.05) is 6.42 Å². The normalized spacial score (nSPS) is 26.5. The highest BCUT2D eigenvalue weighted by atomic mass is 32.5. The molecule has 1 aliphatic rings. The Hall–Kier alpha value is -0.980. The van der Waals surface area contributed by atoms with Gasteiger partial charge in [-0.3, -0.25) is 4.57 Å². The number of ether oxygens (including phenoxy) is 1. The number of rotatable bonds is 8. The van der Waals surface area contributed by atoms with Crippen molar-refractivity contribution in [1.29, 1.82) is 0 Å². The van der Waals surface area contributed by atoms with Crippen LogP contribution < -0.4 is 10.6 Å². The SMILES string of the molecule is Nc1ncnc2c1ncn2[C@H]1C[C@H](O)[C@@H](C(O)O[S+]=P([O-])(O)OP(=O)(O)OP(=O)(O)O)O1. The van der Waals surface area contributed by atoms with E-state index in [1.54, 1.807) is 0 Å². The molecule has 2 aromatic rings. The minimum atomic E-state index is -5.68. The molecule has 3 rings (SSSR count). The molecule has 0 spiro atoms. The van der Waals surface area contributed by atoms with Crippen molar-refractivity contribution in [3.8, 4) is 0 Å². The molecule has 0 amide bonds. The van der Waals surface area contributed by atoms with Gasteiger partial charge in [-0.1, -0.05) is 4.18 Å². The first-order valence-electron chi connectivity index (χ1n) is 8.11. The fourth-order valence-electron chi connectivity index (χ4n) is 2.63. The maximum Gasteiger partial charge on any atom is 0.488 e. The second-order valence-electron chi connectivity index (χ2n) is 6.09. The first kappa shape index (κ1) is 25.6. The first-order chi connectivity index (χ1) is 14.7. The maximum absolute atomic E-state index is 11.8. The highest BCUT2D eigenvalue weighted by Gasteiger charge is 2.44. The van der Waals surface area contributed by atoms with E-state index in [9.17, 15) is 29.1 Å². The third kappa shape index (κ3) is 6.32. The number of aliphatic hydroxyl groups is 2. The lowest BCUT2D eigenvalue weighted by Gasteiger charge is -2.18. The van der Waals surface area contributed by atoms with Crippen LogP contribution in [-0.4, -0.2) is 67.8 Å². The van der Waals surface area contributed by atoms with E-state index < -0.39 is 58.3 Å². The van der Waals surface area contributed by atoms with Crippen LogP contribution in [0.25, 0.3) is 11.2 Å². The molecule has 1 fully saturated rings. The second kappa shape index (κ2) is 9.34. The number of anilines is 1. The second-order valence-corrected chi connectivity index (χ2v) is 12.4. The van der Waals surface area contributed by atoms with E-state index in [1.807, 2.05) is 0 Å². The van der Waals surface area contributed by atoms with Crippen molar-refractivity contribution in [2.45, 2.75) is 31.1 Å². The number of hydrogen-bond donors (Lipinski definition) is 7. The standard InChI is InChI=1S/C10H16N5O13P3S/c11-8-6-9(13-2-12-8)15(3-14-6)5-1-4(16)7(25-5)10(17)26-32-31(23,24)28-30(21,22)27-29(18,19)20/h2-5,7,10,16-17H,1H2,(H6-,11,12,13,18,19,20,21,22,23,24)/t4-,5+,7-,10?/m0/s1. The third-order valence-electron chi connectivity index (χ3n) is 3.77. The van der Waals surface area contributed by atoms with Crippen molar-refractivity contribution in [1.82, 2.24) is 19.5 Å². The molecule has 0 aliphatic carbocycles. The van der Waals surface area contributed by atoms with Crippen molar-refractivity contribution < 1.29 is 61.4 Å². The molecule has 8 N–H and O–H groups in total. The summed E-state index contributed by atoms with van der Waals surface area (Å²) in [5.41, 5.74) is 6.24. The van der Waals surface area contributed by atoms with E-state index in [4.69, 9.17) is 25.2 Å². The van der Waals surface area contributed by atoms with Crippen LogP contribution in [0.3, 0.4) is 0 Å². The number of nitrogens with two attached hydrogens (primary N) is 1. The van der Waals surface area contributed by atoms with Crippen LogP contribution in [-0.2, 0) is 37.9 Å². The first-order valence-corrected chi connectivity index (χ1v) is 14.1. The number of hydrogen-bond acceptors (Lipinski definition) is 13. The molecule has 3 heterocycles. The lowest BCUT2D eigenvalue weighted by Crippen LogP contribution is -2.35. The van der Waals surface area contributed by atoms with Gasteiger partial charge < -0.3 is 45.2 Å². The fraction of sp³-hybridized carbons (Fsp3) is 0.500. The molecule has 180 valence electrons. The molecule has 0 saturated carbocycles. The molecule has 0 aromatic carbocycles. The monoisotopic (exact) mass is 539 g/mol. The van der Waals surface area contributed by atoms with Crippen LogP contribution in [0.2, 0.25) is 0 Å².